The second-order valence-corrected chi connectivity index (χ2v) is 6.39. The first-order valence-electron chi connectivity index (χ1n) is 6.72. The predicted molar refractivity (Wildman–Crippen MR) is 80.9 cm³/mol. The summed E-state index contributed by atoms with van der Waals surface area (Å²) in [6.45, 7) is 0.310. The molecule has 0 aromatic heterocycles. The molecule has 1 saturated heterocycles. The molecular weight excluding hydrogens is 270 g/mol. The summed E-state index contributed by atoms with van der Waals surface area (Å²) in [5.41, 5.74) is 7.10. The van der Waals surface area contributed by atoms with Crippen molar-refractivity contribution in [1.29, 1.82) is 0 Å². The van der Waals surface area contributed by atoms with Crippen LogP contribution in [0.25, 0.3) is 0 Å². The van der Waals surface area contributed by atoms with Gasteiger partial charge in [0.25, 0.3) is 0 Å². The minimum Gasteiger partial charge on any atom is -0.461 e. The van der Waals surface area contributed by atoms with E-state index in [0.29, 0.717) is 11.9 Å². The van der Waals surface area contributed by atoms with Crippen LogP contribution in [-0.2, 0) is 16.1 Å². The monoisotopic (exact) mass is 287 g/mol. The topological polar surface area (TPSA) is 52.3 Å². The zero-order valence-electron chi connectivity index (χ0n) is 11.0. The van der Waals surface area contributed by atoms with Gasteiger partial charge in [-0.1, -0.05) is 54.6 Å². The maximum Gasteiger partial charge on any atom is 0.312 e. The van der Waals surface area contributed by atoms with Gasteiger partial charge in [0.1, 0.15) is 6.61 Å². The Bertz CT molecular complexity index is 541. The van der Waals surface area contributed by atoms with Crippen molar-refractivity contribution in [2.24, 2.45) is 17.6 Å². The second-order valence-electron chi connectivity index (χ2n) is 5.03. The Hall–Kier alpha value is -1.52. The molecule has 4 heteroatoms. The predicted octanol–water partition coefficient (Wildman–Crippen LogP) is 2.49. The van der Waals surface area contributed by atoms with Gasteiger partial charge < -0.3 is 10.5 Å². The molecule has 4 unspecified atom stereocenters. The molecular formula is C16H17NO2S. The van der Waals surface area contributed by atoms with E-state index >= 15 is 0 Å². The largest absolute Gasteiger partial charge is 0.461 e. The minimum absolute atomic E-state index is 0.156. The number of hydrogen-bond donors (Lipinski definition) is 1. The lowest BCUT2D eigenvalue weighted by Crippen LogP contribution is -2.34. The Morgan fingerprint density at radius 1 is 1.20 bits per heavy atom. The van der Waals surface area contributed by atoms with Gasteiger partial charge in [-0.25, -0.2) is 0 Å². The van der Waals surface area contributed by atoms with Gasteiger partial charge in [0.2, 0.25) is 0 Å². The summed E-state index contributed by atoms with van der Waals surface area (Å²) >= 11 is 1.65. The fourth-order valence-electron chi connectivity index (χ4n) is 2.67. The van der Waals surface area contributed by atoms with Crippen molar-refractivity contribution in [1.82, 2.24) is 0 Å². The third kappa shape index (κ3) is 2.67. The highest BCUT2D eigenvalue weighted by molar-refractivity contribution is 8.01. The third-order valence-electron chi connectivity index (χ3n) is 3.70. The third-order valence-corrected chi connectivity index (χ3v) is 5.10. The van der Waals surface area contributed by atoms with Crippen LogP contribution in [0.1, 0.15) is 5.56 Å². The Morgan fingerprint density at radius 2 is 1.95 bits per heavy atom. The number of esters is 1. The average Bonchev–Trinajstić information content (AvgIpc) is 2.82. The number of hydrogen-bond acceptors (Lipinski definition) is 4. The molecule has 2 N–H and O–H groups in total. The van der Waals surface area contributed by atoms with Gasteiger partial charge in [-0.05, 0) is 5.56 Å². The first-order valence-corrected chi connectivity index (χ1v) is 7.66. The van der Waals surface area contributed by atoms with Gasteiger partial charge >= 0.3 is 5.97 Å². The lowest BCUT2D eigenvalue weighted by atomic mass is 9.87. The number of benzene rings is 1. The van der Waals surface area contributed by atoms with Crippen molar-refractivity contribution in [2.75, 3.05) is 0 Å². The van der Waals surface area contributed by atoms with Gasteiger partial charge in [0.15, 0.2) is 0 Å². The number of rotatable bonds is 3. The van der Waals surface area contributed by atoms with E-state index in [1.807, 2.05) is 42.5 Å². The zero-order valence-corrected chi connectivity index (χ0v) is 11.8. The van der Waals surface area contributed by atoms with E-state index < -0.39 is 0 Å². The van der Waals surface area contributed by atoms with Crippen LogP contribution in [0.2, 0.25) is 0 Å². The Kier molecular flexibility index (Phi) is 3.94. The fourth-order valence-corrected chi connectivity index (χ4v) is 4.11. The Labute approximate surface area is 122 Å². The molecule has 0 radical (unpaired) electrons. The Balaban J connectivity index is 1.65. The number of ether oxygens (including phenoxy) is 1. The number of thioether (sulfide) groups is 1. The van der Waals surface area contributed by atoms with Gasteiger partial charge in [-0.3, -0.25) is 4.79 Å². The molecule has 2 aliphatic rings. The fraction of sp³-hybridized carbons (Fsp3) is 0.312. The number of carbonyl (C=O) groups is 1. The number of allylic oxidation sites excluding steroid dienone is 3. The van der Waals surface area contributed by atoms with Crippen LogP contribution in [0.5, 0.6) is 0 Å². The molecule has 4 atom stereocenters. The Morgan fingerprint density at radius 3 is 2.75 bits per heavy atom. The van der Waals surface area contributed by atoms with Crippen molar-refractivity contribution in [3.8, 4) is 0 Å². The normalized spacial score (nSPS) is 31.1. The lowest BCUT2D eigenvalue weighted by molar-refractivity contribution is -0.150. The molecule has 0 spiro atoms. The molecule has 1 aliphatic heterocycles. The smallest absolute Gasteiger partial charge is 0.312 e. The number of nitrogens with two attached hydrogens (primary N) is 1. The SMILES string of the molecule is NC1SC2C=CC=CC2C1C(=O)OCc1ccccc1. The quantitative estimate of drug-likeness (QED) is 0.868. The van der Waals surface area contributed by atoms with Crippen molar-refractivity contribution in [3.05, 3.63) is 60.2 Å². The molecule has 1 aromatic rings. The molecule has 1 aliphatic carbocycles. The van der Waals surface area contributed by atoms with Crippen molar-refractivity contribution in [3.63, 3.8) is 0 Å². The molecule has 0 amide bonds. The summed E-state index contributed by atoms with van der Waals surface area (Å²) < 4.78 is 5.44. The first kappa shape index (κ1) is 13.5. The van der Waals surface area contributed by atoms with E-state index in [-0.39, 0.29) is 23.2 Å². The zero-order chi connectivity index (χ0) is 13.9. The van der Waals surface area contributed by atoms with Crippen molar-refractivity contribution >= 4 is 17.7 Å². The summed E-state index contributed by atoms with van der Waals surface area (Å²) in [6.07, 6.45) is 8.18. The maximum atomic E-state index is 12.3. The molecule has 0 bridgehead atoms. The highest BCUT2D eigenvalue weighted by Crippen LogP contribution is 2.44. The van der Waals surface area contributed by atoms with Gasteiger partial charge in [0.05, 0.1) is 11.3 Å². The second kappa shape index (κ2) is 5.85. The summed E-state index contributed by atoms with van der Waals surface area (Å²) in [5, 5.41) is 0.102. The lowest BCUT2D eigenvalue weighted by Gasteiger charge is -2.20. The standard InChI is InChI=1S/C16H17NO2S/c17-15-14(12-8-4-5-9-13(12)20-15)16(18)19-10-11-6-2-1-3-7-11/h1-9,12-15H,10,17H2. The van der Waals surface area contributed by atoms with Crippen LogP contribution in [0, 0.1) is 11.8 Å². The summed E-state index contributed by atoms with van der Waals surface area (Å²) in [5.74, 6) is -0.292. The molecule has 20 heavy (non-hydrogen) atoms. The van der Waals surface area contributed by atoms with E-state index in [2.05, 4.69) is 12.2 Å². The van der Waals surface area contributed by atoms with Crippen LogP contribution < -0.4 is 5.73 Å². The van der Waals surface area contributed by atoms with Crippen LogP contribution in [0.3, 0.4) is 0 Å². The summed E-state index contributed by atoms with van der Waals surface area (Å²) in [7, 11) is 0. The van der Waals surface area contributed by atoms with E-state index in [1.165, 1.54) is 0 Å². The van der Waals surface area contributed by atoms with Gasteiger partial charge in [-0.2, -0.15) is 0 Å². The van der Waals surface area contributed by atoms with Crippen molar-refractivity contribution in [2.45, 2.75) is 17.2 Å². The van der Waals surface area contributed by atoms with Crippen LogP contribution in [-0.4, -0.2) is 16.6 Å². The van der Waals surface area contributed by atoms with Crippen LogP contribution in [0.4, 0.5) is 0 Å². The summed E-state index contributed by atoms with van der Waals surface area (Å²) in [6, 6.07) is 9.71. The molecule has 1 aromatic carbocycles. The van der Waals surface area contributed by atoms with Gasteiger partial charge in [0, 0.05) is 11.2 Å². The van der Waals surface area contributed by atoms with Gasteiger partial charge in [-0.15, -0.1) is 11.8 Å². The van der Waals surface area contributed by atoms with E-state index in [4.69, 9.17) is 10.5 Å². The van der Waals surface area contributed by atoms with Crippen LogP contribution in [0.15, 0.2) is 54.6 Å². The van der Waals surface area contributed by atoms with E-state index in [9.17, 15) is 4.79 Å². The number of fused-ring (bicyclic) bond motifs is 1. The van der Waals surface area contributed by atoms with Crippen molar-refractivity contribution < 1.29 is 9.53 Å². The maximum absolute atomic E-state index is 12.3. The highest BCUT2D eigenvalue weighted by Gasteiger charge is 2.45. The highest BCUT2D eigenvalue weighted by atomic mass is 32.2. The average molecular weight is 287 g/mol. The first-order chi connectivity index (χ1) is 9.75. The van der Waals surface area contributed by atoms with E-state index in [0.717, 1.165) is 5.56 Å². The number of carbonyl (C=O) groups excluding carboxylic acids is 1. The molecule has 1 fully saturated rings. The molecule has 3 nitrogen and oxygen atoms in total. The van der Waals surface area contributed by atoms with E-state index in [1.54, 1.807) is 11.8 Å². The molecule has 1 heterocycles. The van der Waals surface area contributed by atoms with Crippen LogP contribution >= 0.6 is 11.8 Å². The minimum atomic E-state index is -0.255. The molecule has 104 valence electrons. The molecule has 3 rings (SSSR count). The molecule has 0 saturated carbocycles. The summed E-state index contributed by atoms with van der Waals surface area (Å²) in [4.78, 5) is 12.3.